The summed E-state index contributed by atoms with van der Waals surface area (Å²) in [5.41, 5.74) is 11.9. The van der Waals surface area contributed by atoms with Crippen molar-refractivity contribution in [2.45, 2.75) is 68.5 Å². The molecular formula is C37H50N2. The third-order valence-electron chi connectivity index (χ3n) is 6.76. The largest absolute Gasteiger partial charge is 0.381 e. The molecule has 2 nitrogen and oxygen atoms in total. The molecule has 1 aliphatic rings. The molecule has 1 aromatic carbocycles. The first-order valence-corrected chi connectivity index (χ1v) is 14.0. The van der Waals surface area contributed by atoms with Crippen LogP contribution in [-0.2, 0) is 13.1 Å². The van der Waals surface area contributed by atoms with Crippen molar-refractivity contribution < 1.29 is 0 Å². The molecule has 0 saturated carbocycles. The number of benzene rings is 1. The maximum absolute atomic E-state index is 4.30. The normalized spacial score (nSPS) is 18.3. The van der Waals surface area contributed by atoms with Crippen LogP contribution in [-0.4, -0.2) is 11.4 Å². The smallest absolute Gasteiger partial charge is 0.0439 e. The van der Waals surface area contributed by atoms with Gasteiger partial charge in [0, 0.05) is 31.0 Å². The lowest BCUT2D eigenvalue weighted by molar-refractivity contribution is 0.379. The molecule has 1 aromatic rings. The molecule has 0 unspecified atom stereocenters. The lowest BCUT2D eigenvalue weighted by atomic mass is 9.95. The van der Waals surface area contributed by atoms with Crippen molar-refractivity contribution in [1.82, 2.24) is 10.2 Å². The zero-order valence-electron chi connectivity index (χ0n) is 25.7. The number of rotatable bonds is 10. The summed E-state index contributed by atoms with van der Waals surface area (Å²) in [5.74, 6) is 0. The average Bonchev–Trinajstić information content (AvgIpc) is 3.00. The van der Waals surface area contributed by atoms with Crippen LogP contribution in [0.15, 0.2) is 132 Å². The van der Waals surface area contributed by atoms with Gasteiger partial charge >= 0.3 is 0 Å². The van der Waals surface area contributed by atoms with Crippen LogP contribution in [0.4, 0.5) is 0 Å². The van der Waals surface area contributed by atoms with Gasteiger partial charge in [0.1, 0.15) is 0 Å². The third kappa shape index (κ3) is 9.80. The van der Waals surface area contributed by atoms with Crippen LogP contribution in [0.5, 0.6) is 0 Å². The highest BCUT2D eigenvalue weighted by atomic mass is 15.1. The molecule has 1 aliphatic heterocycles. The van der Waals surface area contributed by atoms with Gasteiger partial charge in [0.05, 0.1) is 0 Å². The van der Waals surface area contributed by atoms with Crippen molar-refractivity contribution in [3.63, 3.8) is 0 Å². The van der Waals surface area contributed by atoms with E-state index in [2.05, 4.69) is 125 Å². The summed E-state index contributed by atoms with van der Waals surface area (Å²) in [7, 11) is 0. The van der Waals surface area contributed by atoms with E-state index in [0.29, 0.717) is 0 Å². The zero-order valence-corrected chi connectivity index (χ0v) is 25.7. The molecule has 2 rings (SSSR count). The first kappa shape index (κ1) is 33.2. The molecule has 0 amide bonds. The SMILES string of the molecule is C=C/C=C\C(=C)/C(C)=C(/C=C\C)NCc1c(C)ccc(C)c1CN1C/C=C\C=C/C(=C)/C(C)=C1/C=C\C.CC. The molecule has 1 heterocycles. The monoisotopic (exact) mass is 522 g/mol. The summed E-state index contributed by atoms with van der Waals surface area (Å²) in [6.45, 7) is 31.5. The van der Waals surface area contributed by atoms with Crippen LogP contribution >= 0.6 is 0 Å². The Kier molecular flexibility index (Phi) is 15.1. The molecule has 0 atom stereocenters. The second-order valence-electron chi connectivity index (χ2n) is 9.37. The van der Waals surface area contributed by atoms with E-state index >= 15 is 0 Å². The van der Waals surface area contributed by atoms with E-state index in [1.165, 1.54) is 33.5 Å². The average molecular weight is 523 g/mol. The van der Waals surface area contributed by atoms with Crippen molar-refractivity contribution in [3.05, 3.63) is 155 Å². The Bertz CT molecular complexity index is 1220. The van der Waals surface area contributed by atoms with Gasteiger partial charge in [-0.3, -0.25) is 0 Å². The minimum absolute atomic E-state index is 0.734. The molecule has 208 valence electrons. The van der Waals surface area contributed by atoms with Gasteiger partial charge in [0.15, 0.2) is 0 Å². The lowest BCUT2D eigenvalue weighted by Gasteiger charge is -2.29. The van der Waals surface area contributed by atoms with Crippen molar-refractivity contribution >= 4 is 0 Å². The molecule has 0 fully saturated rings. The number of hydrogen-bond acceptors (Lipinski definition) is 2. The van der Waals surface area contributed by atoms with Gasteiger partial charge in [-0.15, -0.1) is 0 Å². The Morgan fingerprint density at radius 3 is 2.28 bits per heavy atom. The minimum atomic E-state index is 0.734. The highest BCUT2D eigenvalue weighted by Gasteiger charge is 2.17. The van der Waals surface area contributed by atoms with Gasteiger partial charge in [-0.2, -0.15) is 0 Å². The van der Waals surface area contributed by atoms with Crippen LogP contribution in [0.1, 0.15) is 63.8 Å². The molecule has 0 aliphatic carbocycles. The maximum Gasteiger partial charge on any atom is 0.0439 e. The first-order valence-electron chi connectivity index (χ1n) is 14.0. The standard InChI is InChI=1S/C35H44N2.C2H6/c1-10-13-19-26(4)30(8)34(17-11-2)36-24-32-28(6)21-22-29(7)33(32)25-37-23-16-14-15-20-27(5)31(9)35(37)18-12-3;1-2/h10-22,36H,1,4-5,23-25H2,2-3,6-9H3;1-2H3/b16-14-,17-11-,18-12-,19-13-,20-15-,34-30-,35-31-;. The Labute approximate surface area is 239 Å². The van der Waals surface area contributed by atoms with Crippen LogP contribution in [0.3, 0.4) is 0 Å². The van der Waals surface area contributed by atoms with Crippen molar-refractivity contribution in [3.8, 4) is 0 Å². The second-order valence-corrected chi connectivity index (χ2v) is 9.37. The van der Waals surface area contributed by atoms with Gasteiger partial charge in [0.25, 0.3) is 0 Å². The third-order valence-corrected chi connectivity index (χ3v) is 6.76. The fourth-order valence-corrected chi connectivity index (χ4v) is 4.33. The Morgan fingerprint density at radius 1 is 1.00 bits per heavy atom. The topological polar surface area (TPSA) is 15.3 Å². The molecule has 2 heteroatoms. The number of allylic oxidation sites excluding steroid dienone is 14. The Balaban J connectivity index is 0.00000371. The molecule has 39 heavy (non-hydrogen) atoms. The second kappa shape index (κ2) is 17.7. The summed E-state index contributed by atoms with van der Waals surface area (Å²) < 4.78 is 0. The van der Waals surface area contributed by atoms with Gasteiger partial charge in [0.2, 0.25) is 0 Å². The van der Waals surface area contributed by atoms with E-state index in [1.54, 1.807) is 6.08 Å². The van der Waals surface area contributed by atoms with Crippen molar-refractivity contribution in [1.29, 1.82) is 0 Å². The number of aryl methyl sites for hydroxylation is 2. The minimum Gasteiger partial charge on any atom is -0.381 e. The summed E-state index contributed by atoms with van der Waals surface area (Å²) in [6, 6.07) is 4.47. The summed E-state index contributed by atoms with van der Waals surface area (Å²) in [6.07, 6.45) is 22.7. The quantitative estimate of drug-likeness (QED) is 0.308. The summed E-state index contributed by atoms with van der Waals surface area (Å²) in [4.78, 5) is 2.45. The molecule has 0 aromatic heterocycles. The highest BCUT2D eigenvalue weighted by molar-refractivity contribution is 5.47. The van der Waals surface area contributed by atoms with Crippen LogP contribution in [0.2, 0.25) is 0 Å². The molecule has 0 bridgehead atoms. The van der Waals surface area contributed by atoms with E-state index in [-0.39, 0.29) is 0 Å². The molecule has 1 N–H and O–H groups in total. The predicted octanol–water partition coefficient (Wildman–Crippen LogP) is 9.90. The molecule has 0 spiro atoms. The van der Waals surface area contributed by atoms with Crippen molar-refractivity contribution in [2.75, 3.05) is 6.54 Å². The fraction of sp³-hybridized carbons (Fsp3) is 0.297. The van der Waals surface area contributed by atoms with Crippen molar-refractivity contribution in [2.24, 2.45) is 0 Å². The highest BCUT2D eigenvalue weighted by Crippen LogP contribution is 2.27. The molecule has 0 radical (unpaired) electrons. The van der Waals surface area contributed by atoms with Gasteiger partial charge in [-0.25, -0.2) is 0 Å². The van der Waals surface area contributed by atoms with Gasteiger partial charge < -0.3 is 10.2 Å². The van der Waals surface area contributed by atoms with Crippen LogP contribution < -0.4 is 5.32 Å². The molecule has 0 saturated heterocycles. The summed E-state index contributed by atoms with van der Waals surface area (Å²) >= 11 is 0. The van der Waals surface area contributed by atoms with E-state index < -0.39 is 0 Å². The number of nitrogens with one attached hydrogen (secondary N) is 1. The Morgan fingerprint density at radius 2 is 1.67 bits per heavy atom. The summed E-state index contributed by atoms with van der Waals surface area (Å²) in [5, 5.41) is 3.71. The predicted molar refractivity (Wildman–Crippen MR) is 175 cm³/mol. The van der Waals surface area contributed by atoms with Crippen LogP contribution in [0, 0.1) is 13.8 Å². The number of hydrogen-bond donors (Lipinski definition) is 1. The number of nitrogens with zero attached hydrogens (tertiary/aromatic N) is 1. The van der Waals surface area contributed by atoms with E-state index in [4.69, 9.17) is 0 Å². The van der Waals surface area contributed by atoms with Gasteiger partial charge in [-0.05, 0) is 98.2 Å². The molecular weight excluding hydrogens is 472 g/mol. The van der Waals surface area contributed by atoms with E-state index in [0.717, 1.165) is 42.1 Å². The zero-order chi connectivity index (χ0) is 29.4. The first-order chi connectivity index (χ1) is 18.7. The van der Waals surface area contributed by atoms with E-state index in [1.807, 2.05) is 32.9 Å². The lowest BCUT2D eigenvalue weighted by Crippen LogP contribution is -2.25. The van der Waals surface area contributed by atoms with Crippen LogP contribution in [0.25, 0.3) is 0 Å². The van der Waals surface area contributed by atoms with E-state index in [9.17, 15) is 0 Å². The fourth-order valence-electron chi connectivity index (χ4n) is 4.33. The van der Waals surface area contributed by atoms with Gasteiger partial charge in [-0.1, -0.05) is 100 Å². The maximum atomic E-state index is 4.30. The Hall–Kier alpha value is -3.78.